The van der Waals surface area contributed by atoms with Crippen molar-refractivity contribution in [2.24, 2.45) is 0 Å². The summed E-state index contributed by atoms with van der Waals surface area (Å²) in [7, 11) is 0. The molecule has 0 aliphatic carbocycles. The molecule has 0 aliphatic rings. The van der Waals surface area contributed by atoms with E-state index in [-0.39, 0.29) is 6.13 Å². The SMILES string of the molecule is C=Cc1cccc(NC(C)C)c1C.F.[HH]. The highest BCUT2D eigenvalue weighted by Crippen LogP contribution is 2.20. The minimum absolute atomic E-state index is 0. The van der Waals surface area contributed by atoms with Crippen molar-refractivity contribution in [3.05, 3.63) is 35.9 Å². The molecule has 0 bridgehead atoms. The van der Waals surface area contributed by atoms with Gasteiger partial charge in [-0.2, -0.15) is 0 Å². The van der Waals surface area contributed by atoms with Gasteiger partial charge in [-0.05, 0) is 38.0 Å². The first-order valence-corrected chi connectivity index (χ1v) is 4.63. The van der Waals surface area contributed by atoms with Crippen LogP contribution in [-0.4, -0.2) is 6.04 Å². The summed E-state index contributed by atoms with van der Waals surface area (Å²) >= 11 is 0. The van der Waals surface area contributed by atoms with Crippen LogP contribution in [-0.2, 0) is 0 Å². The zero-order valence-corrected chi connectivity index (χ0v) is 9.00. The molecule has 80 valence electrons. The predicted octanol–water partition coefficient (Wildman–Crippen LogP) is 3.86. The molecule has 0 saturated heterocycles. The van der Waals surface area contributed by atoms with Gasteiger partial charge in [-0.15, -0.1) is 0 Å². The summed E-state index contributed by atoms with van der Waals surface area (Å²) in [5.41, 5.74) is 3.67. The van der Waals surface area contributed by atoms with Gasteiger partial charge in [0.2, 0.25) is 0 Å². The molecule has 14 heavy (non-hydrogen) atoms. The first-order chi connectivity index (χ1) is 6.15. The molecule has 0 spiro atoms. The van der Waals surface area contributed by atoms with Gasteiger partial charge in [0, 0.05) is 13.2 Å². The second-order valence-corrected chi connectivity index (χ2v) is 3.52. The Kier molecular flexibility index (Phi) is 4.92. The quantitative estimate of drug-likeness (QED) is 0.776. The van der Waals surface area contributed by atoms with Crippen LogP contribution in [0.3, 0.4) is 0 Å². The summed E-state index contributed by atoms with van der Waals surface area (Å²) < 4.78 is 0. The second kappa shape index (κ2) is 5.43. The third kappa shape index (κ3) is 2.87. The van der Waals surface area contributed by atoms with Crippen molar-refractivity contribution in [1.82, 2.24) is 0 Å². The zero-order valence-electron chi connectivity index (χ0n) is 9.00. The van der Waals surface area contributed by atoms with E-state index in [0.29, 0.717) is 6.04 Å². The van der Waals surface area contributed by atoms with E-state index in [1.54, 1.807) is 0 Å². The first kappa shape index (κ1) is 12.7. The van der Waals surface area contributed by atoms with Crippen LogP contribution in [0.4, 0.5) is 10.4 Å². The van der Waals surface area contributed by atoms with Crippen LogP contribution in [0.15, 0.2) is 24.8 Å². The fourth-order valence-electron chi connectivity index (χ4n) is 1.34. The number of hydrogen-bond acceptors (Lipinski definition) is 1. The van der Waals surface area contributed by atoms with Gasteiger partial charge >= 0.3 is 0 Å². The Labute approximate surface area is 86.7 Å². The minimum Gasteiger partial charge on any atom is -0.383 e. The van der Waals surface area contributed by atoms with Crippen LogP contribution < -0.4 is 5.32 Å². The lowest BCUT2D eigenvalue weighted by Gasteiger charge is -2.14. The zero-order chi connectivity index (χ0) is 9.84. The van der Waals surface area contributed by atoms with Crippen molar-refractivity contribution in [2.75, 3.05) is 5.32 Å². The van der Waals surface area contributed by atoms with Crippen molar-refractivity contribution in [3.8, 4) is 0 Å². The van der Waals surface area contributed by atoms with Crippen molar-refractivity contribution in [3.63, 3.8) is 0 Å². The Morgan fingerprint density at radius 3 is 2.57 bits per heavy atom. The fraction of sp³-hybridized carbons (Fsp3) is 0.333. The average molecular weight is 197 g/mol. The molecular formula is C12H20FN. The van der Waals surface area contributed by atoms with Crippen LogP contribution in [0.5, 0.6) is 0 Å². The Balaban J connectivity index is 0. The summed E-state index contributed by atoms with van der Waals surface area (Å²) in [6.07, 6.45) is 1.89. The molecule has 0 heterocycles. The summed E-state index contributed by atoms with van der Waals surface area (Å²) in [4.78, 5) is 0. The van der Waals surface area contributed by atoms with Gasteiger partial charge in [0.25, 0.3) is 0 Å². The molecule has 1 nitrogen and oxygen atoms in total. The largest absolute Gasteiger partial charge is 0.383 e. The summed E-state index contributed by atoms with van der Waals surface area (Å²) in [6, 6.07) is 6.70. The number of halogens is 1. The molecule has 1 N–H and O–H groups in total. The smallest absolute Gasteiger partial charge is 0.0377 e. The standard InChI is InChI=1S/C12H17N.FH.H2/c1-5-11-7-6-8-12(10(11)4)13-9(2)3;;/h5-9,13H,1H2,2-4H3;2*1H. The van der Waals surface area contributed by atoms with Gasteiger partial charge in [-0.3, -0.25) is 4.70 Å². The number of anilines is 1. The predicted molar refractivity (Wildman–Crippen MR) is 64.6 cm³/mol. The highest BCUT2D eigenvalue weighted by atomic mass is 19.0. The summed E-state index contributed by atoms with van der Waals surface area (Å²) in [5, 5.41) is 3.40. The Morgan fingerprint density at radius 1 is 1.43 bits per heavy atom. The Bertz CT molecular complexity index is 310. The normalized spacial score (nSPS) is 9.43. The van der Waals surface area contributed by atoms with Gasteiger partial charge in [-0.25, -0.2) is 0 Å². The molecule has 0 radical (unpaired) electrons. The third-order valence-electron chi connectivity index (χ3n) is 2.04. The van der Waals surface area contributed by atoms with E-state index < -0.39 is 0 Å². The average Bonchev–Trinajstić information content (AvgIpc) is 2.08. The maximum absolute atomic E-state index is 3.78. The third-order valence-corrected chi connectivity index (χ3v) is 2.04. The van der Waals surface area contributed by atoms with Crippen LogP contribution >= 0.6 is 0 Å². The van der Waals surface area contributed by atoms with Gasteiger partial charge < -0.3 is 5.32 Å². The van der Waals surface area contributed by atoms with Gasteiger partial charge in [0.05, 0.1) is 0 Å². The summed E-state index contributed by atoms with van der Waals surface area (Å²) in [6.45, 7) is 10.2. The highest BCUT2D eigenvalue weighted by molar-refractivity contribution is 5.63. The van der Waals surface area contributed by atoms with E-state index >= 15 is 0 Å². The highest BCUT2D eigenvalue weighted by Gasteiger charge is 2.01. The molecule has 0 aromatic heterocycles. The molecule has 2 heteroatoms. The number of nitrogens with one attached hydrogen (secondary N) is 1. The number of rotatable bonds is 3. The van der Waals surface area contributed by atoms with E-state index in [0.717, 1.165) is 0 Å². The Hall–Kier alpha value is -1.31. The van der Waals surface area contributed by atoms with Crippen LogP contribution in [0.2, 0.25) is 0 Å². The molecule has 1 rings (SSSR count). The van der Waals surface area contributed by atoms with Gasteiger partial charge in [-0.1, -0.05) is 24.8 Å². The lowest BCUT2D eigenvalue weighted by atomic mass is 10.1. The fourth-order valence-corrected chi connectivity index (χ4v) is 1.34. The van der Waals surface area contributed by atoms with Crippen LogP contribution in [0, 0.1) is 6.92 Å². The van der Waals surface area contributed by atoms with E-state index in [9.17, 15) is 0 Å². The maximum Gasteiger partial charge on any atom is 0.0377 e. The lowest BCUT2D eigenvalue weighted by molar-refractivity contribution is 0.897. The lowest BCUT2D eigenvalue weighted by Crippen LogP contribution is -2.10. The molecule has 0 unspecified atom stereocenters. The molecule has 0 amide bonds. The van der Waals surface area contributed by atoms with Crippen LogP contribution in [0.1, 0.15) is 26.4 Å². The second-order valence-electron chi connectivity index (χ2n) is 3.52. The molecule has 0 saturated carbocycles. The van der Waals surface area contributed by atoms with E-state index in [1.807, 2.05) is 6.08 Å². The first-order valence-electron chi connectivity index (χ1n) is 4.63. The van der Waals surface area contributed by atoms with Gasteiger partial charge in [0.1, 0.15) is 0 Å². The molecule has 0 fully saturated rings. The molecule has 0 atom stereocenters. The van der Waals surface area contributed by atoms with Crippen molar-refractivity contribution >= 4 is 11.8 Å². The number of hydrogen-bond donors (Lipinski definition) is 1. The van der Waals surface area contributed by atoms with E-state index in [2.05, 4.69) is 50.9 Å². The molecule has 1 aromatic rings. The van der Waals surface area contributed by atoms with Crippen LogP contribution in [0.25, 0.3) is 6.08 Å². The monoisotopic (exact) mass is 197 g/mol. The van der Waals surface area contributed by atoms with Crippen molar-refractivity contribution in [1.29, 1.82) is 0 Å². The molecule has 1 aromatic carbocycles. The summed E-state index contributed by atoms with van der Waals surface area (Å²) in [5.74, 6) is 0. The Morgan fingerprint density at radius 2 is 2.07 bits per heavy atom. The van der Waals surface area contributed by atoms with Crippen molar-refractivity contribution < 1.29 is 6.13 Å². The minimum atomic E-state index is 0. The van der Waals surface area contributed by atoms with E-state index in [4.69, 9.17) is 0 Å². The maximum atomic E-state index is 3.78. The molecule has 0 aliphatic heterocycles. The number of benzene rings is 1. The molecular weight excluding hydrogens is 177 g/mol. The van der Waals surface area contributed by atoms with E-state index in [1.165, 1.54) is 16.8 Å². The van der Waals surface area contributed by atoms with Gasteiger partial charge in [0.15, 0.2) is 0 Å². The van der Waals surface area contributed by atoms with Crippen molar-refractivity contribution in [2.45, 2.75) is 26.8 Å². The topological polar surface area (TPSA) is 12.0 Å².